The predicted octanol–water partition coefficient (Wildman–Crippen LogP) is 4.12. The van der Waals surface area contributed by atoms with Crippen molar-refractivity contribution >= 4 is 33.5 Å². The zero-order valence-electron chi connectivity index (χ0n) is 15.5. The number of pyridine rings is 1. The third-order valence-electron chi connectivity index (χ3n) is 4.48. The fourth-order valence-electron chi connectivity index (χ4n) is 3.65. The van der Waals surface area contributed by atoms with Gasteiger partial charge in [0.2, 0.25) is 0 Å². The van der Waals surface area contributed by atoms with Gasteiger partial charge in [-0.25, -0.2) is 9.97 Å². The summed E-state index contributed by atoms with van der Waals surface area (Å²) in [6, 6.07) is 8.02. The Morgan fingerprint density at radius 2 is 1.96 bits per heavy atom. The zero-order chi connectivity index (χ0) is 18.2. The van der Waals surface area contributed by atoms with Crippen LogP contribution >= 0.6 is 0 Å². The van der Waals surface area contributed by atoms with Gasteiger partial charge in [-0.3, -0.25) is 0 Å². The molecule has 0 aliphatic carbocycles. The molecule has 1 aromatic carbocycles. The van der Waals surface area contributed by atoms with E-state index in [4.69, 9.17) is 10.7 Å². The molecular weight excluding hydrogens is 312 g/mol. The highest BCUT2D eigenvalue weighted by Gasteiger charge is 2.25. The lowest BCUT2D eigenvalue weighted by Crippen LogP contribution is -2.23. The van der Waals surface area contributed by atoms with Gasteiger partial charge in [0.1, 0.15) is 17.1 Å². The number of rotatable bonds is 6. The third kappa shape index (κ3) is 3.36. The van der Waals surface area contributed by atoms with Gasteiger partial charge in [0, 0.05) is 24.8 Å². The zero-order valence-corrected chi connectivity index (χ0v) is 15.5. The van der Waals surface area contributed by atoms with Gasteiger partial charge < -0.3 is 15.1 Å². The first-order valence-electron chi connectivity index (χ1n) is 8.85. The largest absolute Gasteiger partial charge is 0.382 e. The molecule has 2 aromatic heterocycles. The molecule has 5 heteroatoms. The van der Waals surface area contributed by atoms with Crippen LogP contribution in [0.1, 0.15) is 46.4 Å². The Morgan fingerprint density at radius 3 is 2.64 bits per heavy atom. The number of nitrogen functional groups attached to an aromatic ring is 1. The molecule has 0 aliphatic rings. The van der Waals surface area contributed by atoms with Crippen LogP contribution in [0.25, 0.3) is 21.9 Å². The smallest absolute Gasteiger partial charge is 0.152 e. The summed E-state index contributed by atoms with van der Waals surface area (Å²) < 4.78 is 2.25. The van der Waals surface area contributed by atoms with Crippen LogP contribution in [-0.4, -0.2) is 20.3 Å². The number of aromatic nitrogens is 3. The standard InChI is InChI=1S/C20H26N4O/c1-5-8-16-23-17-18(24(16)12-20(3,4)11-13(2)25)14-9-6-7-10-15(14)22-19(17)21/h6-7,9-10H,5,8,11-12H2,1-4H3,(H2,21,22). The van der Waals surface area contributed by atoms with Crippen LogP contribution in [-0.2, 0) is 17.8 Å². The summed E-state index contributed by atoms with van der Waals surface area (Å²) >= 11 is 0. The minimum atomic E-state index is -0.152. The Morgan fingerprint density at radius 1 is 1.24 bits per heavy atom. The molecule has 0 unspecified atom stereocenters. The van der Waals surface area contributed by atoms with E-state index in [2.05, 4.69) is 36.4 Å². The summed E-state index contributed by atoms with van der Waals surface area (Å²) in [5.74, 6) is 1.69. The first-order valence-corrected chi connectivity index (χ1v) is 8.85. The van der Waals surface area contributed by atoms with Gasteiger partial charge in [-0.15, -0.1) is 0 Å². The van der Waals surface area contributed by atoms with Gasteiger partial charge in [0.25, 0.3) is 0 Å². The minimum Gasteiger partial charge on any atom is -0.382 e. The number of Topliss-reactive ketones (excluding diaryl/α,β-unsaturated/α-hetero) is 1. The van der Waals surface area contributed by atoms with Crippen molar-refractivity contribution in [1.82, 2.24) is 14.5 Å². The maximum Gasteiger partial charge on any atom is 0.152 e. The van der Waals surface area contributed by atoms with Crippen molar-refractivity contribution in [3.8, 4) is 0 Å². The Bertz CT molecular complexity index is 940. The van der Waals surface area contributed by atoms with Crippen LogP contribution in [0.2, 0.25) is 0 Å². The van der Waals surface area contributed by atoms with E-state index in [9.17, 15) is 4.79 Å². The molecule has 3 rings (SSSR count). The van der Waals surface area contributed by atoms with Gasteiger partial charge in [0.15, 0.2) is 5.82 Å². The lowest BCUT2D eigenvalue weighted by molar-refractivity contribution is -0.119. The van der Waals surface area contributed by atoms with E-state index in [0.29, 0.717) is 12.2 Å². The number of ketones is 1. The Labute approximate surface area is 148 Å². The van der Waals surface area contributed by atoms with Gasteiger partial charge in [-0.05, 0) is 24.8 Å². The van der Waals surface area contributed by atoms with Gasteiger partial charge >= 0.3 is 0 Å². The second kappa shape index (κ2) is 6.47. The molecular formula is C20H26N4O. The van der Waals surface area contributed by atoms with E-state index in [1.54, 1.807) is 6.92 Å². The average molecular weight is 338 g/mol. The van der Waals surface area contributed by atoms with Gasteiger partial charge in [-0.2, -0.15) is 0 Å². The monoisotopic (exact) mass is 338 g/mol. The van der Waals surface area contributed by atoms with E-state index >= 15 is 0 Å². The molecule has 2 N–H and O–H groups in total. The van der Waals surface area contributed by atoms with Crippen molar-refractivity contribution in [3.05, 3.63) is 30.1 Å². The number of aryl methyl sites for hydroxylation is 1. The normalized spacial score (nSPS) is 12.2. The molecule has 132 valence electrons. The minimum absolute atomic E-state index is 0.152. The van der Waals surface area contributed by atoms with Crippen molar-refractivity contribution in [2.75, 3.05) is 5.73 Å². The van der Waals surface area contributed by atoms with Crippen molar-refractivity contribution < 1.29 is 4.79 Å². The van der Waals surface area contributed by atoms with Crippen LogP contribution in [0.4, 0.5) is 5.82 Å². The number of nitrogens with zero attached hydrogens (tertiary/aromatic N) is 3. The van der Waals surface area contributed by atoms with Crippen LogP contribution in [0, 0.1) is 5.41 Å². The van der Waals surface area contributed by atoms with Crippen molar-refractivity contribution in [2.24, 2.45) is 5.41 Å². The second-order valence-electron chi connectivity index (χ2n) is 7.62. The number of benzene rings is 1. The lowest BCUT2D eigenvalue weighted by atomic mass is 9.87. The molecule has 0 bridgehead atoms. The van der Waals surface area contributed by atoms with Crippen molar-refractivity contribution in [1.29, 1.82) is 0 Å². The van der Waals surface area contributed by atoms with Gasteiger partial charge in [0.05, 0.1) is 11.0 Å². The first kappa shape index (κ1) is 17.4. The molecule has 0 amide bonds. The van der Waals surface area contributed by atoms with E-state index in [0.717, 1.165) is 47.1 Å². The molecule has 0 fully saturated rings. The summed E-state index contributed by atoms with van der Waals surface area (Å²) in [5.41, 5.74) is 8.72. The topological polar surface area (TPSA) is 73.8 Å². The first-order chi connectivity index (χ1) is 11.8. The maximum atomic E-state index is 11.7. The molecule has 0 atom stereocenters. The molecule has 25 heavy (non-hydrogen) atoms. The quantitative estimate of drug-likeness (QED) is 0.733. The third-order valence-corrected chi connectivity index (χ3v) is 4.48. The molecule has 0 aliphatic heterocycles. The second-order valence-corrected chi connectivity index (χ2v) is 7.62. The van der Waals surface area contributed by atoms with Crippen molar-refractivity contribution in [3.63, 3.8) is 0 Å². The molecule has 0 spiro atoms. The van der Waals surface area contributed by atoms with E-state index in [-0.39, 0.29) is 11.2 Å². The number of anilines is 1. The van der Waals surface area contributed by atoms with Crippen LogP contribution < -0.4 is 5.73 Å². The maximum absolute atomic E-state index is 11.7. The molecule has 3 aromatic rings. The number of carbonyl (C=O) groups is 1. The summed E-state index contributed by atoms with van der Waals surface area (Å²) in [6.07, 6.45) is 2.41. The van der Waals surface area contributed by atoms with Crippen LogP contribution in [0.5, 0.6) is 0 Å². The van der Waals surface area contributed by atoms with Crippen LogP contribution in [0.3, 0.4) is 0 Å². The molecule has 0 saturated heterocycles. The Hall–Kier alpha value is -2.43. The van der Waals surface area contributed by atoms with E-state index in [1.807, 2.05) is 18.2 Å². The average Bonchev–Trinajstić information content (AvgIpc) is 2.85. The number of para-hydroxylation sites is 1. The number of nitrogens with two attached hydrogens (primary N) is 1. The molecule has 2 heterocycles. The lowest BCUT2D eigenvalue weighted by Gasteiger charge is -2.25. The highest BCUT2D eigenvalue weighted by molar-refractivity contribution is 6.06. The number of carbonyl (C=O) groups excluding carboxylic acids is 1. The highest BCUT2D eigenvalue weighted by atomic mass is 16.1. The fourth-order valence-corrected chi connectivity index (χ4v) is 3.65. The SMILES string of the molecule is CCCc1nc2c(N)nc3ccccc3c2n1CC(C)(C)CC(C)=O. The number of imidazole rings is 1. The van der Waals surface area contributed by atoms with Gasteiger partial charge in [-0.1, -0.05) is 39.0 Å². The Kier molecular flexibility index (Phi) is 4.50. The van der Waals surface area contributed by atoms with E-state index in [1.165, 1.54) is 0 Å². The number of hydrogen-bond donors (Lipinski definition) is 1. The summed E-state index contributed by atoms with van der Waals surface area (Å²) in [6.45, 7) is 8.78. The highest BCUT2D eigenvalue weighted by Crippen LogP contribution is 2.32. The summed E-state index contributed by atoms with van der Waals surface area (Å²) in [4.78, 5) is 21.0. The number of hydrogen-bond acceptors (Lipinski definition) is 4. The van der Waals surface area contributed by atoms with E-state index < -0.39 is 0 Å². The summed E-state index contributed by atoms with van der Waals surface area (Å²) in [5, 5.41) is 1.06. The van der Waals surface area contributed by atoms with Crippen molar-refractivity contribution in [2.45, 2.75) is 53.5 Å². The molecule has 5 nitrogen and oxygen atoms in total. The Balaban J connectivity index is 2.27. The predicted molar refractivity (Wildman–Crippen MR) is 103 cm³/mol. The molecule has 0 radical (unpaired) electrons. The fraction of sp³-hybridized carbons (Fsp3) is 0.450. The molecule has 0 saturated carbocycles. The summed E-state index contributed by atoms with van der Waals surface area (Å²) in [7, 11) is 0. The number of fused-ring (bicyclic) bond motifs is 3. The van der Waals surface area contributed by atoms with Crippen LogP contribution in [0.15, 0.2) is 24.3 Å².